The van der Waals surface area contributed by atoms with Crippen molar-refractivity contribution in [1.29, 1.82) is 0 Å². The summed E-state index contributed by atoms with van der Waals surface area (Å²) in [7, 11) is 0. The van der Waals surface area contributed by atoms with Gasteiger partial charge in [-0.3, -0.25) is 14.4 Å². The number of amides is 2. The van der Waals surface area contributed by atoms with Crippen LogP contribution in [0.15, 0.2) is 30.3 Å². The summed E-state index contributed by atoms with van der Waals surface area (Å²) in [5.74, 6) is -1.87. The van der Waals surface area contributed by atoms with Crippen molar-refractivity contribution in [2.24, 2.45) is 11.8 Å². The molecule has 0 aromatic heterocycles. The first-order valence-electron chi connectivity index (χ1n) is 7.93. The Hall–Kier alpha value is -2.37. The summed E-state index contributed by atoms with van der Waals surface area (Å²) < 4.78 is 0. The molecule has 0 aliphatic carbocycles. The molecule has 0 bridgehead atoms. The molecule has 1 N–H and O–H groups in total. The van der Waals surface area contributed by atoms with Gasteiger partial charge in [-0.1, -0.05) is 18.2 Å². The van der Waals surface area contributed by atoms with E-state index in [9.17, 15) is 14.4 Å². The molecular formula is C17H20N2O4. The number of piperidine rings is 1. The van der Waals surface area contributed by atoms with E-state index in [-0.39, 0.29) is 30.7 Å². The van der Waals surface area contributed by atoms with Gasteiger partial charge in [0, 0.05) is 31.7 Å². The number of para-hydroxylation sites is 1. The fourth-order valence-electron chi connectivity index (χ4n) is 3.37. The van der Waals surface area contributed by atoms with E-state index in [1.807, 2.05) is 30.3 Å². The molecule has 2 heterocycles. The average Bonchev–Trinajstić information content (AvgIpc) is 2.97. The van der Waals surface area contributed by atoms with Gasteiger partial charge < -0.3 is 14.9 Å². The molecule has 2 aliphatic rings. The molecule has 2 amide bonds. The van der Waals surface area contributed by atoms with Crippen LogP contribution in [0.4, 0.5) is 5.69 Å². The lowest BCUT2D eigenvalue weighted by Crippen LogP contribution is -2.45. The largest absolute Gasteiger partial charge is 0.481 e. The third-order valence-electron chi connectivity index (χ3n) is 4.62. The van der Waals surface area contributed by atoms with Gasteiger partial charge in [0.1, 0.15) is 0 Å². The summed E-state index contributed by atoms with van der Waals surface area (Å²) in [6, 6.07) is 9.31. The lowest BCUT2D eigenvalue weighted by molar-refractivity contribution is -0.146. The van der Waals surface area contributed by atoms with Crippen LogP contribution in [0.5, 0.6) is 0 Å². The van der Waals surface area contributed by atoms with E-state index in [0.29, 0.717) is 25.9 Å². The first-order valence-corrected chi connectivity index (χ1v) is 7.93. The van der Waals surface area contributed by atoms with Gasteiger partial charge in [-0.15, -0.1) is 0 Å². The quantitative estimate of drug-likeness (QED) is 0.913. The van der Waals surface area contributed by atoms with Crippen LogP contribution in [0.1, 0.15) is 19.3 Å². The van der Waals surface area contributed by atoms with E-state index < -0.39 is 11.9 Å². The SMILES string of the molecule is O=C(O)[C@@H]1CCCN(C(=O)[C@@H]2CC(=O)N(c3ccccc3)C2)C1. The fraction of sp³-hybridized carbons (Fsp3) is 0.471. The zero-order valence-electron chi connectivity index (χ0n) is 12.9. The number of hydrogen-bond donors (Lipinski definition) is 1. The molecule has 0 unspecified atom stereocenters. The minimum atomic E-state index is -0.851. The molecule has 0 saturated carbocycles. The van der Waals surface area contributed by atoms with Gasteiger partial charge in [-0.05, 0) is 25.0 Å². The number of carboxylic acid groups (broad SMARTS) is 1. The van der Waals surface area contributed by atoms with Crippen molar-refractivity contribution in [3.63, 3.8) is 0 Å². The van der Waals surface area contributed by atoms with E-state index in [0.717, 1.165) is 5.69 Å². The summed E-state index contributed by atoms with van der Waals surface area (Å²) in [4.78, 5) is 39.2. The fourth-order valence-corrected chi connectivity index (χ4v) is 3.37. The Labute approximate surface area is 134 Å². The highest BCUT2D eigenvalue weighted by Crippen LogP contribution is 2.27. The Kier molecular flexibility index (Phi) is 4.32. The standard InChI is InChI=1S/C17H20N2O4/c20-15-9-13(11-19(15)14-6-2-1-3-7-14)16(21)18-8-4-5-12(10-18)17(22)23/h1-3,6-7,12-13H,4-5,8-11H2,(H,22,23)/t12-,13-/m1/s1. The molecule has 3 rings (SSSR count). The number of likely N-dealkylation sites (tertiary alicyclic amines) is 1. The molecule has 2 saturated heterocycles. The highest BCUT2D eigenvalue weighted by atomic mass is 16.4. The summed E-state index contributed by atoms with van der Waals surface area (Å²) in [6.07, 6.45) is 1.51. The number of carbonyl (C=O) groups excluding carboxylic acids is 2. The Balaban J connectivity index is 1.67. The molecule has 2 fully saturated rings. The van der Waals surface area contributed by atoms with E-state index in [1.165, 1.54) is 0 Å². The molecule has 6 nitrogen and oxygen atoms in total. The van der Waals surface area contributed by atoms with Crippen LogP contribution in [0, 0.1) is 11.8 Å². The number of rotatable bonds is 3. The van der Waals surface area contributed by atoms with Crippen molar-refractivity contribution in [1.82, 2.24) is 4.90 Å². The second-order valence-electron chi connectivity index (χ2n) is 6.20. The first-order chi connectivity index (χ1) is 11.1. The van der Waals surface area contributed by atoms with Crippen LogP contribution < -0.4 is 4.90 Å². The van der Waals surface area contributed by atoms with Gasteiger partial charge in [0.05, 0.1) is 11.8 Å². The van der Waals surface area contributed by atoms with Crippen molar-refractivity contribution in [2.75, 3.05) is 24.5 Å². The van der Waals surface area contributed by atoms with E-state index in [4.69, 9.17) is 5.11 Å². The third-order valence-corrected chi connectivity index (χ3v) is 4.62. The van der Waals surface area contributed by atoms with E-state index >= 15 is 0 Å². The van der Waals surface area contributed by atoms with Gasteiger partial charge in [0.2, 0.25) is 11.8 Å². The van der Waals surface area contributed by atoms with Crippen molar-refractivity contribution in [3.05, 3.63) is 30.3 Å². The summed E-state index contributed by atoms with van der Waals surface area (Å²) in [6.45, 7) is 1.21. The third kappa shape index (κ3) is 3.21. The molecule has 1 aromatic rings. The van der Waals surface area contributed by atoms with Crippen LogP contribution in [-0.4, -0.2) is 47.4 Å². The van der Waals surface area contributed by atoms with Crippen molar-refractivity contribution in [3.8, 4) is 0 Å². The van der Waals surface area contributed by atoms with E-state index in [2.05, 4.69) is 0 Å². The molecule has 2 atom stereocenters. The number of aliphatic carboxylic acids is 1. The van der Waals surface area contributed by atoms with Crippen LogP contribution in [0.3, 0.4) is 0 Å². The monoisotopic (exact) mass is 316 g/mol. The maximum atomic E-state index is 12.6. The Morgan fingerprint density at radius 1 is 1.09 bits per heavy atom. The van der Waals surface area contributed by atoms with Crippen molar-refractivity contribution >= 4 is 23.5 Å². The molecule has 23 heavy (non-hydrogen) atoms. The highest BCUT2D eigenvalue weighted by Gasteiger charge is 2.39. The summed E-state index contributed by atoms with van der Waals surface area (Å²) in [5.41, 5.74) is 0.801. The van der Waals surface area contributed by atoms with Gasteiger partial charge >= 0.3 is 5.97 Å². The number of nitrogens with zero attached hydrogens (tertiary/aromatic N) is 2. The van der Waals surface area contributed by atoms with Crippen molar-refractivity contribution in [2.45, 2.75) is 19.3 Å². The lowest BCUT2D eigenvalue weighted by atomic mass is 9.96. The predicted octanol–water partition coefficient (Wildman–Crippen LogP) is 1.36. The number of hydrogen-bond acceptors (Lipinski definition) is 3. The van der Waals surface area contributed by atoms with Crippen LogP contribution in [0.25, 0.3) is 0 Å². The molecule has 0 spiro atoms. The smallest absolute Gasteiger partial charge is 0.308 e. The number of benzene rings is 1. The van der Waals surface area contributed by atoms with Gasteiger partial charge in [-0.2, -0.15) is 0 Å². The van der Waals surface area contributed by atoms with Gasteiger partial charge in [-0.25, -0.2) is 0 Å². The molecule has 6 heteroatoms. The predicted molar refractivity (Wildman–Crippen MR) is 83.8 cm³/mol. The zero-order chi connectivity index (χ0) is 16.4. The molecule has 2 aliphatic heterocycles. The summed E-state index contributed by atoms with van der Waals surface area (Å²) >= 11 is 0. The molecule has 122 valence electrons. The minimum absolute atomic E-state index is 0.0543. The summed E-state index contributed by atoms with van der Waals surface area (Å²) in [5, 5.41) is 9.14. The zero-order valence-corrected chi connectivity index (χ0v) is 12.9. The van der Waals surface area contributed by atoms with Crippen molar-refractivity contribution < 1.29 is 19.5 Å². The minimum Gasteiger partial charge on any atom is -0.481 e. The van der Waals surface area contributed by atoms with Crippen LogP contribution in [0.2, 0.25) is 0 Å². The maximum absolute atomic E-state index is 12.6. The number of carbonyl (C=O) groups is 3. The Bertz CT molecular complexity index is 616. The Morgan fingerprint density at radius 2 is 1.83 bits per heavy atom. The topological polar surface area (TPSA) is 77.9 Å². The molecule has 0 radical (unpaired) electrons. The van der Waals surface area contributed by atoms with E-state index in [1.54, 1.807) is 9.80 Å². The average molecular weight is 316 g/mol. The molecule has 1 aromatic carbocycles. The van der Waals surface area contributed by atoms with Crippen LogP contribution in [-0.2, 0) is 14.4 Å². The number of anilines is 1. The van der Waals surface area contributed by atoms with Crippen LogP contribution >= 0.6 is 0 Å². The number of carboxylic acids is 1. The maximum Gasteiger partial charge on any atom is 0.308 e. The van der Waals surface area contributed by atoms with Gasteiger partial charge in [0.25, 0.3) is 0 Å². The normalized spacial score (nSPS) is 24.8. The first kappa shape index (κ1) is 15.5. The second-order valence-corrected chi connectivity index (χ2v) is 6.20. The van der Waals surface area contributed by atoms with Gasteiger partial charge in [0.15, 0.2) is 0 Å². The lowest BCUT2D eigenvalue weighted by Gasteiger charge is -2.32. The second kappa shape index (κ2) is 6.40. The molecular weight excluding hydrogens is 296 g/mol. The highest BCUT2D eigenvalue weighted by molar-refractivity contribution is 6.00. The Morgan fingerprint density at radius 3 is 2.52 bits per heavy atom.